The molecule has 1 aromatic heterocycles. The third kappa shape index (κ3) is 1.89. The zero-order valence-corrected chi connectivity index (χ0v) is 8.79. The van der Waals surface area contributed by atoms with Crippen LogP contribution in [0.5, 0.6) is 0 Å². The van der Waals surface area contributed by atoms with Gasteiger partial charge in [0.2, 0.25) is 0 Å². The van der Waals surface area contributed by atoms with Crippen LogP contribution in [0.15, 0.2) is 12.3 Å². The van der Waals surface area contributed by atoms with E-state index >= 15 is 0 Å². The van der Waals surface area contributed by atoms with Crippen LogP contribution in [0.2, 0.25) is 0 Å². The monoisotopic (exact) mass is 190 g/mol. The van der Waals surface area contributed by atoms with Crippen molar-refractivity contribution in [3.63, 3.8) is 0 Å². The van der Waals surface area contributed by atoms with Crippen LogP contribution in [-0.4, -0.2) is 4.98 Å². The summed E-state index contributed by atoms with van der Waals surface area (Å²) in [6, 6.07) is 1.99. The van der Waals surface area contributed by atoms with Crippen molar-refractivity contribution in [3.05, 3.63) is 23.4 Å². The number of aryl methyl sites for hydroxylation is 1. The van der Waals surface area contributed by atoms with Crippen molar-refractivity contribution >= 4 is 5.82 Å². The van der Waals surface area contributed by atoms with Gasteiger partial charge < -0.3 is 5.73 Å². The molecule has 0 unspecified atom stereocenters. The fourth-order valence-electron chi connectivity index (χ4n) is 2.43. The maximum atomic E-state index is 5.65. The van der Waals surface area contributed by atoms with E-state index in [-0.39, 0.29) is 0 Å². The number of nitrogens with zero attached hydrogens (tertiary/aromatic N) is 1. The summed E-state index contributed by atoms with van der Waals surface area (Å²) >= 11 is 0. The highest BCUT2D eigenvalue weighted by molar-refractivity contribution is 5.37. The molecule has 0 aliphatic heterocycles. The van der Waals surface area contributed by atoms with Gasteiger partial charge in [-0.25, -0.2) is 4.98 Å². The summed E-state index contributed by atoms with van der Waals surface area (Å²) in [7, 11) is 0. The Morgan fingerprint density at radius 3 is 2.64 bits per heavy atom. The minimum Gasteiger partial charge on any atom is -0.384 e. The highest BCUT2D eigenvalue weighted by atomic mass is 14.8. The van der Waals surface area contributed by atoms with Gasteiger partial charge in [-0.2, -0.15) is 0 Å². The van der Waals surface area contributed by atoms with Crippen LogP contribution in [0.3, 0.4) is 0 Å². The average molecular weight is 190 g/mol. The Balaban J connectivity index is 2.22. The molecule has 0 amide bonds. The molecule has 2 heteroatoms. The molecule has 0 atom stereocenters. The minimum atomic E-state index is 0.641. The molecule has 0 spiro atoms. The average Bonchev–Trinajstić information content (AvgIpc) is 2.19. The Kier molecular flexibility index (Phi) is 2.71. The number of rotatable bonds is 1. The first-order valence-electron chi connectivity index (χ1n) is 5.49. The second-order valence-electron chi connectivity index (χ2n) is 4.30. The molecule has 0 aromatic carbocycles. The van der Waals surface area contributed by atoms with Crippen molar-refractivity contribution in [2.75, 3.05) is 5.73 Å². The first kappa shape index (κ1) is 9.50. The molecule has 76 valence electrons. The van der Waals surface area contributed by atoms with E-state index < -0.39 is 0 Å². The van der Waals surface area contributed by atoms with Gasteiger partial charge in [0, 0.05) is 6.20 Å². The summed E-state index contributed by atoms with van der Waals surface area (Å²) in [5.74, 6) is 1.37. The minimum absolute atomic E-state index is 0.641. The van der Waals surface area contributed by atoms with E-state index in [1.54, 1.807) is 0 Å². The van der Waals surface area contributed by atoms with Crippen LogP contribution >= 0.6 is 0 Å². The SMILES string of the molecule is Cc1cc(N)ncc1C1CCCCC1. The predicted octanol–water partition coefficient (Wildman–Crippen LogP) is 3.02. The van der Waals surface area contributed by atoms with E-state index in [2.05, 4.69) is 11.9 Å². The second-order valence-corrected chi connectivity index (χ2v) is 4.30. The first-order chi connectivity index (χ1) is 6.77. The Labute approximate surface area is 85.5 Å². The molecule has 1 heterocycles. The lowest BCUT2D eigenvalue weighted by Gasteiger charge is -2.23. The molecule has 1 aliphatic carbocycles. The summed E-state index contributed by atoms with van der Waals surface area (Å²) in [6.45, 7) is 2.14. The van der Waals surface area contributed by atoms with Crippen molar-refractivity contribution in [1.82, 2.24) is 4.98 Å². The Hall–Kier alpha value is -1.05. The van der Waals surface area contributed by atoms with E-state index in [4.69, 9.17) is 5.73 Å². The summed E-state index contributed by atoms with van der Waals surface area (Å²) in [4.78, 5) is 4.19. The summed E-state index contributed by atoms with van der Waals surface area (Å²) in [5.41, 5.74) is 8.37. The normalized spacial score (nSPS) is 18.4. The van der Waals surface area contributed by atoms with Crippen LogP contribution < -0.4 is 5.73 Å². The van der Waals surface area contributed by atoms with E-state index in [1.807, 2.05) is 12.3 Å². The number of aromatic nitrogens is 1. The Morgan fingerprint density at radius 1 is 1.29 bits per heavy atom. The van der Waals surface area contributed by atoms with Crippen molar-refractivity contribution < 1.29 is 0 Å². The van der Waals surface area contributed by atoms with E-state index in [0.29, 0.717) is 5.82 Å². The van der Waals surface area contributed by atoms with Crippen molar-refractivity contribution in [2.24, 2.45) is 0 Å². The number of anilines is 1. The van der Waals surface area contributed by atoms with Crippen molar-refractivity contribution in [1.29, 1.82) is 0 Å². The summed E-state index contributed by atoms with van der Waals surface area (Å²) in [5, 5.41) is 0. The predicted molar refractivity (Wildman–Crippen MR) is 59.2 cm³/mol. The van der Waals surface area contributed by atoms with Crippen LogP contribution in [0, 0.1) is 6.92 Å². The lowest BCUT2D eigenvalue weighted by atomic mass is 9.83. The largest absolute Gasteiger partial charge is 0.384 e. The summed E-state index contributed by atoms with van der Waals surface area (Å²) in [6.07, 6.45) is 8.76. The van der Waals surface area contributed by atoms with Gasteiger partial charge in [-0.15, -0.1) is 0 Å². The number of nitrogens with two attached hydrogens (primary N) is 1. The number of hydrogen-bond donors (Lipinski definition) is 1. The summed E-state index contributed by atoms with van der Waals surface area (Å²) < 4.78 is 0. The molecule has 1 fully saturated rings. The fourth-order valence-corrected chi connectivity index (χ4v) is 2.43. The number of nitrogen functional groups attached to an aromatic ring is 1. The molecule has 1 aliphatic rings. The highest BCUT2D eigenvalue weighted by Crippen LogP contribution is 2.33. The van der Waals surface area contributed by atoms with Gasteiger partial charge >= 0.3 is 0 Å². The molecule has 14 heavy (non-hydrogen) atoms. The van der Waals surface area contributed by atoms with E-state index in [9.17, 15) is 0 Å². The molecule has 2 N–H and O–H groups in total. The molecule has 0 saturated heterocycles. The van der Waals surface area contributed by atoms with Gasteiger partial charge in [0.05, 0.1) is 0 Å². The number of pyridine rings is 1. The maximum Gasteiger partial charge on any atom is 0.123 e. The number of hydrogen-bond acceptors (Lipinski definition) is 2. The molecule has 1 saturated carbocycles. The third-order valence-corrected chi connectivity index (χ3v) is 3.22. The van der Waals surface area contributed by atoms with Crippen LogP contribution in [0.4, 0.5) is 5.82 Å². The van der Waals surface area contributed by atoms with Gasteiger partial charge in [0.25, 0.3) is 0 Å². The van der Waals surface area contributed by atoms with Gasteiger partial charge in [-0.1, -0.05) is 19.3 Å². The Bertz CT molecular complexity index is 314. The smallest absolute Gasteiger partial charge is 0.123 e. The van der Waals surface area contributed by atoms with Gasteiger partial charge in [0.15, 0.2) is 0 Å². The first-order valence-corrected chi connectivity index (χ1v) is 5.49. The lowest BCUT2D eigenvalue weighted by Crippen LogP contribution is -2.07. The van der Waals surface area contributed by atoms with Crippen LogP contribution in [-0.2, 0) is 0 Å². The van der Waals surface area contributed by atoms with Crippen molar-refractivity contribution in [2.45, 2.75) is 44.9 Å². The van der Waals surface area contributed by atoms with Gasteiger partial charge in [0.1, 0.15) is 5.82 Å². The molecule has 0 bridgehead atoms. The van der Waals surface area contributed by atoms with Crippen LogP contribution in [0.25, 0.3) is 0 Å². The highest BCUT2D eigenvalue weighted by Gasteiger charge is 2.17. The third-order valence-electron chi connectivity index (χ3n) is 3.22. The molecular weight excluding hydrogens is 172 g/mol. The molecule has 2 nitrogen and oxygen atoms in total. The van der Waals surface area contributed by atoms with Gasteiger partial charge in [-0.05, 0) is 42.9 Å². The second kappa shape index (κ2) is 3.99. The maximum absolute atomic E-state index is 5.65. The van der Waals surface area contributed by atoms with E-state index in [1.165, 1.54) is 43.2 Å². The van der Waals surface area contributed by atoms with Gasteiger partial charge in [-0.3, -0.25) is 0 Å². The molecular formula is C12H18N2. The standard InChI is InChI=1S/C12H18N2/c1-9-7-12(13)14-8-11(9)10-5-3-2-4-6-10/h7-8,10H,2-6H2,1H3,(H2,13,14). The molecule has 2 rings (SSSR count). The van der Waals surface area contributed by atoms with Crippen LogP contribution in [0.1, 0.15) is 49.1 Å². The molecule has 0 radical (unpaired) electrons. The Morgan fingerprint density at radius 2 is 2.00 bits per heavy atom. The zero-order valence-electron chi connectivity index (χ0n) is 8.79. The lowest BCUT2D eigenvalue weighted by molar-refractivity contribution is 0.441. The fraction of sp³-hybridized carbons (Fsp3) is 0.583. The molecule has 1 aromatic rings. The van der Waals surface area contributed by atoms with Crippen molar-refractivity contribution in [3.8, 4) is 0 Å². The zero-order chi connectivity index (χ0) is 9.97. The quantitative estimate of drug-likeness (QED) is 0.739. The van der Waals surface area contributed by atoms with E-state index in [0.717, 1.165) is 5.92 Å². The topological polar surface area (TPSA) is 38.9 Å².